The molecule has 134 valence electrons. The minimum atomic E-state index is -1.24. The number of rotatable bonds is 6. The van der Waals surface area contributed by atoms with Gasteiger partial charge in [0.05, 0.1) is 30.5 Å². The van der Waals surface area contributed by atoms with E-state index in [2.05, 4.69) is 5.32 Å². The smallest absolute Gasteiger partial charge is 0.304 e. The Bertz CT molecular complexity index is 396. The van der Waals surface area contributed by atoms with Gasteiger partial charge >= 0.3 is 5.97 Å². The van der Waals surface area contributed by atoms with Gasteiger partial charge in [-0.05, 0) is 25.2 Å². The molecular weight excluding hydrogens is 322 g/mol. The van der Waals surface area contributed by atoms with Gasteiger partial charge in [0.25, 0.3) is 0 Å². The molecule has 0 aromatic carbocycles. The van der Waals surface area contributed by atoms with Crippen molar-refractivity contribution in [2.75, 3.05) is 13.2 Å². The van der Waals surface area contributed by atoms with Crippen LogP contribution in [0.4, 0.5) is 0 Å². The van der Waals surface area contributed by atoms with Crippen LogP contribution in [0.1, 0.15) is 32.1 Å². The molecule has 1 heterocycles. The van der Waals surface area contributed by atoms with E-state index in [1.54, 1.807) is 0 Å². The second-order valence-electron chi connectivity index (χ2n) is 6.51. The van der Waals surface area contributed by atoms with E-state index in [9.17, 15) is 25.2 Å². The average molecular weight is 349 g/mol. The summed E-state index contributed by atoms with van der Waals surface area (Å²) < 4.78 is 0. The quantitative estimate of drug-likeness (QED) is 0.366. The average Bonchev–Trinajstić information content (AvgIpc) is 2.53. The number of carboxylic acids is 1. The van der Waals surface area contributed by atoms with E-state index in [1.165, 1.54) is 11.8 Å². The van der Waals surface area contributed by atoms with Crippen molar-refractivity contribution in [3.63, 3.8) is 0 Å². The van der Waals surface area contributed by atoms with Crippen molar-refractivity contribution < 1.29 is 30.3 Å². The molecule has 2 unspecified atom stereocenters. The third-order valence-electron chi connectivity index (χ3n) is 4.88. The molecule has 6 N–H and O–H groups in total. The fraction of sp³-hybridized carbons (Fsp3) is 0.933. The molecule has 1 saturated heterocycles. The Morgan fingerprint density at radius 2 is 1.87 bits per heavy atom. The zero-order valence-corrected chi connectivity index (χ0v) is 13.9. The van der Waals surface area contributed by atoms with Gasteiger partial charge in [-0.2, -0.15) is 0 Å². The van der Waals surface area contributed by atoms with Gasteiger partial charge in [0.15, 0.2) is 0 Å². The Balaban J connectivity index is 1.92. The zero-order chi connectivity index (χ0) is 17.0. The molecule has 0 spiro atoms. The highest BCUT2D eigenvalue weighted by atomic mass is 32.2. The van der Waals surface area contributed by atoms with Gasteiger partial charge in [-0.15, -0.1) is 11.8 Å². The maximum atomic E-state index is 10.6. The maximum absolute atomic E-state index is 10.6. The molecule has 0 aromatic rings. The number of carbonyl (C=O) groups is 1. The predicted octanol–water partition coefficient (Wildman–Crippen LogP) is -0.831. The number of aliphatic carboxylic acids is 1. The van der Waals surface area contributed by atoms with Crippen LogP contribution in [0.2, 0.25) is 0 Å². The van der Waals surface area contributed by atoms with Crippen molar-refractivity contribution >= 4 is 17.7 Å². The molecule has 0 bridgehead atoms. The first-order valence-electron chi connectivity index (χ1n) is 8.19. The number of hydrogen-bond donors (Lipinski definition) is 6. The first-order chi connectivity index (χ1) is 10.9. The van der Waals surface area contributed by atoms with Crippen LogP contribution in [0.5, 0.6) is 0 Å². The summed E-state index contributed by atoms with van der Waals surface area (Å²) >= 11 is 1.36. The molecule has 23 heavy (non-hydrogen) atoms. The molecule has 1 aliphatic heterocycles. The van der Waals surface area contributed by atoms with Crippen LogP contribution in [0.3, 0.4) is 0 Å². The van der Waals surface area contributed by atoms with Crippen molar-refractivity contribution in [3.05, 3.63) is 0 Å². The summed E-state index contributed by atoms with van der Waals surface area (Å²) in [6, 6.07) is 0.206. The first kappa shape index (κ1) is 19.0. The van der Waals surface area contributed by atoms with Crippen LogP contribution >= 0.6 is 11.8 Å². The highest BCUT2D eigenvalue weighted by Crippen LogP contribution is 2.41. The first-order valence-corrected chi connectivity index (χ1v) is 9.14. The third-order valence-corrected chi connectivity index (χ3v) is 6.64. The fourth-order valence-electron chi connectivity index (χ4n) is 3.61. The van der Waals surface area contributed by atoms with Crippen LogP contribution in [0.25, 0.3) is 0 Å². The molecule has 0 radical (unpaired) electrons. The van der Waals surface area contributed by atoms with Gasteiger partial charge in [0, 0.05) is 17.8 Å². The molecule has 8 heteroatoms. The Hall–Kier alpha value is -0.380. The van der Waals surface area contributed by atoms with E-state index in [0.717, 1.165) is 25.7 Å². The summed E-state index contributed by atoms with van der Waals surface area (Å²) in [4.78, 5) is 10.6. The SMILES string of the molecule is O=C(O)CCNC1CCCC([C@@H]2S[C@H](CO)[C@H](O)[C@H](O)[C@H]2O)C1. The number of aliphatic hydroxyl groups excluding tert-OH is 4. The molecule has 2 aliphatic rings. The Morgan fingerprint density at radius 1 is 1.13 bits per heavy atom. The lowest BCUT2D eigenvalue weighted by molar-refractivity contribution is -0.136. The summed E-state index contributed by atoms with van der Waals surface area (Å²) in [7, 11) is 0. The molecule has 1 aliphatic carbocycles. The van der Waals surface area contributed by atoms with Crippen LogP contribution in [0.15, 0.2) is 0 Å². The van der Waals surface area contributed by atoms with Gasteiger partial charge < -0.3 is 30.8 Å². The lowest BCUT2D eigenvalue weighted by Crippen LogP contribution is -2.56. The molecule has 7 nitrogen and oxygen atoms in total. The van der Waals surface area contributed by atoms with E-state index in [4.69, 9.17) is 5.11 Å². The Kier molecular flexibility index (Phi) is 7.12. The molecule has 0 aromatic heterocycles. The molecular formula is C15H27NO6S. The molecule has 1 saturated carbocycles. The molecule has 0 amide bonds. The number of nitrogens with one attached hydrogen (secondary N) is 1. The molecule has 2 rings (SSSR count). The Labute approximate surface area is 140 Å². The van der Waals surface area contributed by atoms with Gasteiger partial charge in [0.2, 0.25) is 0 Å². The summed E-state index contributed by atoms with van der Waals surface area (Å²) in [5.41, 5.74) is 0. The van der Waals surface area contributed by atoms with E-state index in [-0.39, 0.29) is 30.2 Å². The van der Waals surface area contributed by atoms with Crippen molar-refractivity contribution in [1.82, 2.24) is 5.32 Å². The zero-order valence-electron chi connectivity index (χ0n) is 13.0. The van der Waals surface area contributed by atoms with Gasteiger partial charge in [-0.1, -0.05) is 6.42 Å². The monoisotopic (exact) mass is 349 g/mol. The van der Waals surface area contributed by atoms with Crippen LogP contribution < -0.4 is 5.32 Å². The number of carboxylic acid groups (broad SMARTS) is 1. The molecule has 7 atom stereocenters. The van der Waals surface area contributed by atoms with E-state index < -0.39 is 29.5 Å². The van der Waals surface area contributed by atoms with Crippen molar-refractivity contribution in [1.29, 1.82) is 0 Å². The van der Waals surface area contributed by atoms with Crippen LogP contribution in [0, 0.1) is 5.92 Å². The predicted molar refractivity (Wildman–Crippen MR) is 86.3 cm³/mol. The topological polar surface area (TPSA) is 130 Å². The molecule has 2 fully saturated rings. The summed E-state index contributed by atoms with van der Waals surface area (Å²) in [6.07, 6.45) is 0.380. The summed E-state index contributed by atoms with van der Waals surface area (Å²) in [6.45, 7) is 0.187. The second-order valence-corrected chi connectivity index (χ2v) is 7.94. The van der Waals surface area contributed by atoms with Crippen molar-refractivity contribution in [2.45, 2.75) is 67.0 Å². The number of thioether (sulfide) groups is 1. The lowest BCUT2D eigenvalue weighted by atomic mass is 9.80. The van der Waals surface area contributed by atoms with Crippen molar-refractivity contribution in [3.8, 4) is 0 Å². The highest BCUT2D eigenvalue weighted by molar-refractivity contribution is 8.00. The normalized spacial score (nSPS) is 41.7. The third kappa shape index (κ3) is 4.80. The van der Waals surface area contributed by atoms with Crippen LogP contribution in [-0.2, 0) is 4.79 Å². The number of aliphatic hydroxyl groups is 4. The second kappa shape index (κ2) is 8.64. The maximum Gasteiger partial charge on any atom is 0.304 e. The Morgan fingerprint density at radius 3 is 2.52 bits per heavy atom. The standard InChI is InChI=1S/C15H27NO6S/c17-7-10-12(20)13(21)14(22)15(23-10)8-2-1-3-9(6-8)16-5-4-11(18)19/h8-10,12-17,20-22H,1-7H2,(H,18,19)/t8?,9?,10-,12+,13+,14-,15+/m1/s1. The van der Waals surface area contributed by atoms with Gasteiger partial charge in [0.1, 0.15) is 6.10 Å². The van der Waals surface area contributed by atoms with E-state index in [0.29, 0.717) is 6.54 Å². The fourth-order valence-corrected chi connectivity index (χ4v) is 5.22. The largest absolute Gasteiger partial charge is 0.481 e. The van der Waals surface area contributed by atoms with Crippen molar-refractivity contribution in [2.24, 2.45) is 5.92 Å². The summed E-state index contributed by atoms with van der Waals surface area (Å²) in [5.74, 6) is -0.659. The lowest BCUT2D eigenvalue weighted by Gasteiger charge is -2.44. The van der Waals surface area contributed by atoms with Gasteiger partial charge in [-0.25, -0.2) is 0 Å². The minimum Gasteiger partial charge on any atom is -0.481 e. The van der Waals surface area contributed by atoms with Crippen LogP contribution in [-0.4, -0.2) is 79.5 Å². The highest BCUT2D eigenvalue weighted by Gasteiger charge is 2.46. The van der Waals surface area contributed by atoms with Gasteiger partial charge in [-0.3, -0.25) is 4.79 Å². The number of hydrogen-bond acceptors (Lipinski definition) is 7. The van der Waals surface area contributed by atoms with E-state index in [1.807, 2.05) is 0 Å². The minimum absolute atomic E-state index is 0.0828. The summed E-state index contributed by atoms with van der Waals surface area (Å²) in [5, 5.41) is 50.8. The van der Waals surface area contributed by atoms with E-state index >= 15 is 0 Å².